The molecule has 13 heavy (non-hydrogen) atoms. The van der Waals surface area contributed by atoms with Crippen molar-refractivity contribution in [2.45, 2.75) is 4.90 Å². The van der Waals surface area contributed by atoms with Crippen molar-refractivity contribution in [1.82, 2.24) is 0 Å². The molecule has 0 spiro atoms. The molecule has 0 saturated heterocycles. The summed E-state index contributed by atoms with van der Waals surface area (Å²) in [5.74, 6) is -0.901. The van der Waals surface area contributed by atoms with E-state index in [1.165, 1.54) is 6.07 Å². The quantitative estimate of drug-likeness (QED) is 0.393. The summed E-state index contributed by atoms with van der Waals surface area (Å²) in [6.07, 6.45) is 0. The van der Waals surface area contributed by atoms with Gasteiger partial charge in [0.2, 0.25) is 0 Å². The number of nitrogens with zero attached hydrogens (tertiary/aromatic N) is 1. The molecule has 0 radical (unpaired) electrons. The zero-order valence-electron chi connectivity index (χ0n) is 6.78. The van der Waals surface area contributed by atoms with Gasteiger partial charge in [-0.3, -0.25) is 4.21 Å². The molecule has 62 valence electrons. The Morgan fingerprint density at radius 3 is 2.54 bits per heavy atom. The van der Waals surface area contributed by atoms with Crippen molar-refractivity contribution >= 4 is 11.1 Å². The van der Waals surface area contributed by atoms with Crippen LogP contribution in [0.2, 0.25) is 0 Å². The zero-order valence-corrected chi connectivity index (χ0v) is 9.60. The molecule has 0 aliphatic carbocycles. The number of hydrogen-bond acceptors (Lipinski definition) is 3. The van der Waals surface area contributed by atoms with Crippen LogP contribution in [-0.4, -0.2) is 8.76 Å². The number of hydrogen-bond donors (Lipinski definition) is 0. The molecule has 6 heteroatoms. The fourth-order valence-electron chi connectivity index (χ4n) is 0.706. The molecule has 0 aliphatic rings. The zero-order chi connectivity index (χ0) is 9.14. The SMILES string of the molecule is N#Cc1ccc(S(=O)[O-])c(F)c1.[Na+]. The summed E-state index contributed by atoms with van der Waals surface area (Å²) in [5, 5.41) is 8.32. The van der Waals surface area contributed by atoms with Gasteiger partial charge in [-0.25, -0.2) is 4.39 Å². The standard InChI is InChI=1S/C7H4FNO2S.Na/c8-6-3-5(4-9)1-2-7(6)12(10)11;/h1-3H,(H,10,11);/q;+1/p-1. The monoisotopic (exact) mass is 207 g/mol. The minimum absolute atomic E-state index is 0. The van der Waals surface area contributed by atoms with E-state index in [9.17, 15) is 13.2 Å². The van der Waals surface area contributed by atoms with Crippen molar-refractivity contribution in [3.8, 4) is 6.07 Å². The summed E-state index contributed by atoms with van der Waals surface area (Å²) in [5.41, 5.74) is 0.0988. The molecular weight excluding hydrogens is 204 g/mol. The molecule has 1 aromatic carbocycles. The van der Waals surface area contributed by atoms with Crippen molar-refractivity contribution in [2.24, 2.45) is 0 Å². The average molecular weight is 207 g/mol. The van der Waals surface area contributed by atoms with Gasteiger partial charge in [0.15, 0.2) is 0 Å². The van der Waals surface area contributed by atoms with Gasteiger partial charge in [0, 0.05) is 0 Å². The van der Waals surface area contributed by atoms with Gasteiger partial charge in [0.1, 0.15) is 5.82 Å². The molecule has 1 unspecified atom stereocenters. The number of benzene rings is 1. The van der Waals surface area contributed by atoms with E-state index in [2.05, 4.69) is 0 Å². The Kier molecular flexibility index (Phi) is 5.37. The van der Waals surface area contributed by atoms with E-state index >= 15 is 0 Å². The molecule has 0 saturated carbocycles. The molecule has 0 amide bonds. The Bertz CT molecular complexity index is 377. The van der Waals surface area contributed by atoms with Gasteiger partial charge in [-0.05, 0) is 29.3 Å². The van der Waals surface area contributed by atoms with Crippen molar-refractivity contribution in [1.29, 1.82) is 5.26 Å². The van der Waals surface area contributed by atoms with Gasteiger partial charge in [0.25, 0.3) is 0 Å². The maximum Gasteiger partial charge on any atom is 1.00 e. The number of rotatable bonds is 1. The van der Waals surface area contributed by atoms with Gasteiger partial charge < -0.3 is 4.55 Å². The smallest absolute Gasteiger partial charge is 0.768 e. The second-order valence-corrected chi connectivity index (χ2v) is 2.90. The van der Waals surface area contributed by atoms with Gasteiger partial charge in [-0.15, -0.1) is 0 Å². The topological polar surface area (TPSA) is 63.9 Å². The van der Waals surface area contributed by atoms with E-state index in [-0.39, 0.29) is 35.1 Å². The van der Waals surface area contributed by atoms with E-state index in [0.29, 0.717) is 0 Å². The molecule has 1 atom stereocenters. The summed E-state index contributed by atoms with van der Waals surface area (Å²) >= 11 is -2.59. The molecule has 0 aromatic heterocycles. The van der Waals surface area contributed by atoms with E-state index in [1.807, 2.05) is 0 Å². The Hall–Kier alpha value is -0.250. The molecule has 0 fully saturated rings. The maximum absolute atomic E-state index is 12.7. The Morgan fingerprint density at radius 2 is 2.15 bits per heavy atom. The van der Waals surface area contributed by atoms with E-state index in [1.54, 1.807) is 6.07 Å². The van der Waals surface area contributed by atoms with Crippen molar-refractivity contribution in [3.63, 3.8) is 0 Å². The molecule has 1 rings (SSSR count). The third-order valence-electron chi connectivity index (χ3n) is 1.24. The van der Waals surface area contributed by atoms with Crippen LogP contribution in [0.15, 0.2) is 23.1 Å². The average Bonchev–Trinajstić information content (AvgIpc) is 2.03. The first-order valence-corrected chi connectivity index (χ1v) is 4.01. The first-order chi connectivity index (χ1) is 5.65. The summed E-state index contributed by atoms with van der Waals surface area (Å²) in [6, 6.07) is 4.87. The molecule has 0 heterocycles. The Morgan fingerprint density at radius 1 is 1.54 bits per heavy atom. The van der Waals surface area contributed by atoms with E-state index in [4.69, 9.17) is 5.26 Å². The molecule has 0 bridgehead atoms. The van der Waals surface area contributed by atoms with Crippen LogP contribution in [-0.2, 0) is 11.1 Å². The van der Waals surface area contributed by atoms with Crippen LogP contribution >= 0.6 is 0 Å². The Balaban J connectivity index is 0.00000144. The van der Waals surface area contributed by atoms with Crippen molar-refractivity contribution in [3.05, 3.63) is 29.6 Å². The van der Waals surface area contributed by atoms with Crippen LogP contribution in [0.4, 0.5) is 4.39 Å². The summed E-state index contributed by atoms with van der Waals surface area (Å²) < 4.78 is 33.3. The minimum Gasteiger partial charge on any atom is -0.768 e. The van der Waals surface area contributed by atoms with Gasteiger partial charge in [-0.2, -0.15) is 5.26 Å². The van der Waals surface area contributed by atoms with E-state index < -0.39 is 21.8 Å². The van der Waals surface area contributed by atoms with Crippen molar-refractivity contribution in [2.75, 3.05) is 0 Å². The minimum atomic E-state index is -2.59. The van der Waals surface area contributed by atoms with Crippen LogP contribution in [0, 0.1) is 17.1 Å². The molecule has 0 N–H and O–H groups in total. The van der Waals surface area contributed by atoms with Crippen LogP contribution in [0.3, 0.4) is 0 Å². The van der Waals surface area contributed by atoms with Crippen LogP contribution in [0.1, 0.15) is 5.56 Å². The fraction of sp³-hybridized carbons (Fsp3) is 0. The molecule has 0 aliphatic heterocycles. The Labute approximate surface area is 99.1 Å². The second kappa shape index (κ2) is 5.47. The summed E-state index contributed by atoms with van der Waals surface area (Å²) in [7, 11) is 0. The largest absolute Gasteiger partial charge is 1.00 e. The van der Waals surface area contributed by atoms with E-state index in [0.717, 1.165) is 12.1 Å². The number of halogens is 1. The second-order valence-electron chi connectivity index (χ2n) is 1.99. The van der Waals surface area contributed by atoms with Gasteiger partial charge >= 0.3 is 29.6 Å². The summed E-state index contributed by atoms with van der Waals surface area (Å²) in [6.45, 7) is 0. The van der Waals surface area contributed by atoms with Crippen LogP contribution in [0.5, 0.6) is 0 Å². The molecule has 1 aromatic rings. The van der Waals surface area contributed by atoms with Crippen LogP contribution in [0.25, 0.3) is 0 Å². The predicted molar refractivity (Wildman–Crippen MR) is 38.3 cm³/mol. The summed E-state index contributed by atoms with van der Waals surface area (Å²) in [4.78, 5) is -0.422. The molecular formula is C7H3FNNaO2S. The van der Waals surface area contributed by atoms with Gasteiger partial charge in [0.05, 0.1) is 16.5 Å². The third-order valence-corrected chi connectivity index (χ3v) is 1.93. The first kappa shape index (κ1) is 12.8. The first-order valence-electron chi connectivity index (χ1n) is 2.94. The number of nitriles is 1. The molecule has 3 nitrogen and oxygen atoms in total. The van der Waals surface area contributed by atoms with Gasteiger partial charge in [-0.1, -0.05) is 0 Å². The normalized spacial score (nSPS) is 11.2. The third kappa shape index (κ3) is 3.18. The van der Waals surface area contributed by atoms with Crippen molar-refractivity contribution < 1.29 is 42.7 Å². The fourth-order valence-corrected chi connectivity index (χ4v) is 1.10. The maximum atomic E-state index is 12.7. The predicted octanol–water partition coefficient (Wildman–Crippen LogP) is -2.06. The van der Waals surface area contributed by atoms with Crippen LogP contribution < -0.4 is 29.6 Å².